The second-order valence-corrected chi connectivity index (χ2v) is 12.3. The highest BCUT2D eigenvalue weighted by molar-refractivity contribution is 6.13. The molecule has 4 heterocycles. The summed E-state index contributed by atoms with van der Waals surface area (Å²) in [4.78, 5) is 7.01. The molecule has 0 aliphatic heterocycles. The van der Waals surface area contributed by atoms with E-state index in [0.717, 1.165) is 99.5 Å². The lowest BCUT2D eigenvalue weighted by Gasteiger charge is -2.25. The van der Waals surface area contributed by atoms with Crippen molar-refractivity contribution in [3.8, 4) is 11.5 Å². The highest BCUT2D eigenvalue weighted by Gasteiger charge is 2.21. The molecule has 49 heavy (non-hydrogen) atoms. The van der Waals surface area contributed by atoms with E-state index in [1.165, 1.54) is 0 Å². The van der Waals surface area contributed by atoms with Crippen molar-refractivity contribution in [2.45, 2.75) is 0 Å². The summed E-state index contributed by atoms with van der Waals surface area (Å²) in [6, 6.07) is 49.2. The van der Waals surface area contributed by atoms with Crippen LogP contribution in [0, 0.1) is 0 Å². The minimum Gasteiger partial charge on any atom is -0.456 e. The predicted octanol–water partition coefficient (Wildman–Crippen LogP) is 12.7. The van der Waals surface area contributed by atoms with Crippen LogP contribution in [0.15, 0.2) is 163 Å². The first-order valence-corrected chi connectivity index (χ1v) is 16.2. The van der Waals surface area contributed by atoms with Gasteiger partial charge in [-0.15, -0.1) is 0 Å². The van der Waals surface area contributed by atoms with Crippen LogP contribution in [0.1, 0.15) is 0 Å². The minimum absolute atomic E-state index is 0.568. The summed E-state index contributed by atoms with van der Waals surface area (Å²) < 4.78 is 25.4. The Kier molecular flexibility index (Phi) is 5.29. The molecule has 11 aromatic rings. The lowest BCUT2D eigenvalue weighted by atomic mass is 10.1. The Morgan fingerprint density at radius 3 is 1.49 bits per heavy atom. The van der Waals surface area contributed by atoms with E-state index in [1.54, 1.807) is 0 Å². The molecular weight excluding hydrogens is 608 g/mol. The molecule has 230 valence electrons. The Morgan fingerprint density at radius 1 is 0.367 bits per heavy atom. The van der Waals surface area contributed by atoms with E-state index in [0.29, 0.717) is 5.89 Å². The molecule has 0 N–H and O–H groups in total. The monoisotopic (exact) mass is 632 g/mol. The molecule has 0 radical (unpaired) electrons. The highest BCUT2D eigenvalue weighted by atomic mass is 16.4. The lowest BCUT2D eigenvalue weighted by Crippen LogP contribution is -2.09. The number of aromatic nitrogens is 1. The van der Waals surface area contributed by atoms with Crippen molar-refractivity contribution in [2.75, 3.05) is 4.90 Å². The van der Waals surface area contributed by atoms with Crippen molar-refractivity contribution in [1.82, 2.24) is 4.98 Å². The minimum atomic E-state index is 0.568. The zero-order valence-electron chi connectivity index (χ0n) is 25.9. The third kappa shape index (κ3) is 3.92. The van der Waals surface area contributed by atoms with Gasteiger partial charge < -0.3 is 22.6 Å². The van der Waals surface area contributed by atoms with Crippen LogP contribution in [0.2, 0.25) is 0 Å². The van der Waals surface area contributed by atoms with Crippen LogP contribution in [-0.2, 0) is 0 Å². The maximum absolute atomic E-state index is 6.54. The number of anilines is 3. The molecule has 0 saturated carbocycles. The van der Waals surface area contributed by atoms with Crippen molar-refractivity contribution in [2.24, 2.45) is 0 Å². The number of furan rings is 3. The van der Waals surface area contributed by atoms with E-state index in [9.17, 15) is 0 Å². The van der Waals surface area contributed by atoms with Gasteiger partial charge in [0.2, 0.25) is 5.89 Å². The average molecular weight is 633 g/mol. The van der Waals surface area contributed by atoms with Gasteiger partial charge in [-0.1, -0.05) is 54.6 Å². The number of fused-ring (bicyclic) bond motifs is 10. The fourth-order valence-electron chi connectivity index (χ4n) is 7.27. The van der Waals surface area contributed by atoms with Gasteiger partial charge in [-0.25, -0.2) is 4.98 Å². The van der Waals surface area contributed by atoms with Crippen LogP contribution < -0.4 is 4.90 Å². The van der Waals surface area contributed by atoms with Crippen LogP contribution in [0.5, 0.6) is 0 Å². The molecule has 0 aliphatic rings. The van der Waals surface area contributed by atoms with E-state index in [-0.39, 0.29) is 0 Å². The first-order valence-electron chi connectivity index (χ1n) is 16.2. The van der Waals surface area contributed by atoms with Crippen molar-refractivity contribution >= 4 is 94.0 Å². The van der Waals surface area contributed by atoms with Crippen molar-refractivity contribution in [3.63, 3.8) is 0 Å². The Balaban J connectivity index is 1.12. The largest absolute Gasteiger partial charge is 0.456 e. The topological polar surface area (TPSA) is 68.7 Å². The summed E-state index contributed by atoms with van der Waals surface area (Å²) in [6.07, 6.45) is 0. The van der Waals surface area contributed by atoms with Crippen molar-refractivity contribution in [3.05, 3.63) is 146 Å². The molecule has 0 aliphatic carbocycles. The number of hydrogen-bond donors (Lipinski definition) is 0. The fraction of sp³-hybridized carbons (Fsp3) is 0. The number of benzene rings is 7. The van der Waals surface area contributed by atoms with Crippen LogP contribution in [0.3, 0.4) is 0 Å². The van der Waals surface area contributed by atoms with E-state index < -0.39 is 0 Å². The number of rotatable bonds is 4. The van der Waals surface area contributed by atoms with Crippen molar-refractivity contribution in [1.29, 1.82) is 0 Å². The summed E-state index contributed by atoms with van der Waals surface area (Å²) in [6.45, 7) is 0. The maximum Gasteiger partial charge on any atom is 0.228 e. The number of nitrogens with zero attached hydrogens (tertiary/aromatic N) is 2. The van der Waals surface area contributed by atoms with Crippen LogP contribution in [0.25, 0.3) is 88.4 Å². The van der Waals surface area contributed by atoms with Gasteiger partial charge in [0.15, 0.2) is 5.58 Å². The van der Waals surface area contributed by atoms with Crippen LogP contribution in [0.4, 0.5) is 17.1 Å². The smallest absolute Gasteiger partial charge is 0.228 e. The van der Waals surface area contributed by atoms with E-state index in [4.69, 9.17) is 22.7 Å². The first kappa shape index (κ1) is 26.3. The SMILES string of the molecule is c1ccc2oc(-c3cccc4oc5cc(N(c6ccc7c(c6)oc6ccccc67)c6ccc7c(c6)oc6ccccc67)ccc5c34)nc2c1. The molecule has 0 bridgehead atoms. The van der Waals surface area contributed by atoms with Gasteiger partial charge in [0.05, 0.1) is 0 Å². The molecule has 4 aromatic heterocycles. The molecule has 0 saturated heterocycles. The molecule has 0 amide bonds. The fourth-order valence-corrected chi connectivity index (χ4v) is 7.27. The molecular formula is C43H24N2O4. The number of para-hydroxylation sites is 4. The number of oxazole rings is 1. The predicted molar refractivity (Wildman–Crippen MR) is 196 cm³/mol. The summed E-state index contributed by atoms with van der Waals surface area (Å²) >= 11 is 0. The Hall–Kier alpha value is -6.79. The second kappa shape index (κ2) is 9.86. The lowest BCUT2D eigenvalue weighted by molar-refractivity contribution is 0.620. The third-order valence-corrected chi connectivity index (χ3v) is 9.50. The van der Waals surface area contributed by atoms with E-state index in [2.05, 4.69) is 71.6 Å². The molecule has 0 fully saturated rings. The zero-order chi connectivity index (χ0) is 32.1. The molecule has 6 nitrogen and oxygen atoms in total. The quantitative estimate of drug-likeness (QED) is 0.192. The number of hydrogen-bond acceptors (Lipinski definition) is 6. The Labute approximate surface area is 278 Å². The van der Waals surface area contributed by atoms with Gasteiger partial charge in [0, 0.05) is 73.1 Å². The van der Waals surface area contributed by atoms with Gasteiger partial charge in [-0.3, -0.25) is 0 Å². The van der Waals surface area contributed by atoms with E-state index >= 15 is 0 Å². The zero-order valence-corrected chi connectivity index (χ0v) is 25.9. The Morgan fingerprint density at radius 2 is 0.857 bits per heavy atom. The normalized spacial score (nSPS) is 12.1. The Bertz CT molecular complexity index is 2940. The van der Waals surface area contributed by atoms with Gasteiger partial charge in [-0.05, 0) is 72.8 Å². The summed E-state index contributed by atoms with van der Waals surface area (Å²) in [7, 11) is 0. The van der Waals surface area contributed by atoms with Crippen molar-refractivity contribution < 1.29 is 17.7 Å². The summed E-state index contributed by atoms with van der Waals surface area (Å²) in [5.41, 5.74) is 10.2. The molecule has 0 spiro atoms. The van der Waals surface area contributed by atoms with Gasteiger partial charge in [-0.2, -0.15) is 0 Å². The summed E-state index contributed by atoms with van der Waals surface area (Å²) in [5, 5.41) is 6.29. The summed E-state index contributed by atoms with van der Waals surface area (Å²) in [5.74, 6) is 0.568. The third-order valence-electron chi connectivity index (χ3n) is 9.50. The van der Waals surface area contributed by atoms with Gasteiger partial charge in [0.1, 0.15) is 39.0 Å². The van der Waals surface area contributed by atoms with Crippen LogP contribution >= 0.6 is 0 Å². The maximum atomic E-state index is 6.54. The molecule has 0 atom stereocenters. The average Bonchev–Trinajstić information content (AvgIpc) is 3.92. The molecule has 11 rings (SSSR count). The van der Waals surface area contributed by atoms with Gasteiger partial charge in [0.25, 0.3) is 0 Å². The second-order valence-electron chi connectivity index (χ2n) is 12.3. The standard InChI is InChI=1S/C43H24N2O4/c1-4-12-35-28(8-1)30-19-16-25(22-39(30)46-35)45(26-17-20-31-29-9-2-5-13-36(29)47-40(31)23-26)27-18-21-32-41(24-27)48-38-15-7-10-33(42(32)38)43-44-34-11-3-6-14-37(34)49-43/h1-24H. The molecule has 7 aromatic carbocycles. The molecule has 0 unspecified atom stereocenters. The first-order chi connectivity index (χ1) is 24.2. The highest BCUT2D eigenvalue weighted by Crippen LogP contribution is 2.44. The van der Waals surface area contributed by atoms with E-state index in [1.807, 2.05) is 78.9 Å². The van der Waals surface area contributed by atoms with Gasteiger partial charge >= 0.3 is 0 Å². The van der Waals surface area contributed by atoms with Crippen LogP contribution in [-0.4, -0.2) is 4.98 Å². The molecule has 6 heteroatoms.